The van der Waals surface area contributed by atoms with Gasteiger partial charge in [0.05, 0.1) is 45.4 Å². The lowest BCUT2D eigenvalue weighted by molar-refractivity contribution is 0.325. The molecule has 0 aliphatic carbocycles. The SMILES string of the molecule is COc1ccc(-c2ccc3nnc(-c4ccc(OC)c(OC)c4OC)n3n2)cc1N. The van der Waals surface area contributed by atoms with E-state index in [1.54, 1.807) is 45.1 Å². The van der Waals surface area contributed by atoms with Crippen molar-refractivity contribution >= 4 is 11.3 Å². The van der Waals surface area contributed by atoms with E-state index in [4.69, 9.17) is 29.8 Å². The fourth-order valence-electron chi connectivity index (χ4n) is 3.28. The van der Waals surface area contributed by atoms with Crippen LogP contribution in [-0.2, 0) is 0 Å². The van der Waals surface area contributed by atoms with Gasteiger partial charge in [-0.05, 0) is 42.5 Å². The van der Waals surface area contributed by atoms with Crippen LogP contribution in [0.4, 0.5) is 5.69 Å². The number of anilines is 1. The molecule has 0 aliphatic rings. The summed E-state index contributed by atoms with van der Waals surface area (Å²) in [5, 5.41) is 13.3. The Labute approximate surface area is 173 Å². The number of hydrogen-bond donors (Lipinski definition) is 1. The molecule has 0 radical (unpaired) electrons. The third kappa shape index (κ3) is 3.10. The van der Waals surface area contributed by atoms with Gasteiger partial charge in [0.2, 0.25) is 5.75 Å². The molecule has 0 aliphatic heterocycles. The van der Waals surface area contributed by atoms with Crippen molar-refractivity contribution in [3.8, 4) is 45.6 Å². The number of nitrogens with two attached hydrogens (primary N) is 1. The number of rotatable bonds is 6. The molecule has 0 atom stereocenters. The summed E-state index contributed by atoms with van der Waals surface area (Å²) in [4.78, 5) is 0. The second kappa shape index (κ2) is 7.78. The van der Waals surface area contributed by atoms with Crippen LogP contribution in [0.25, 0.3) is 28.3 Å². The standard InChI is InChI=1S/C21H21N5O4/c1-27-16-8-5-12(11-14(16)22)15-7-10-18-23-24-21(26(18)25-15)13-6-9-17(28-2)20(30-4)19(13)29-3/h5-11H,22H2,1-4H3. The van der Waals surface area contributed by atoms with Gasteiger partial charge >= 0.3 is 0 Å². The summed E-state index contributed by atoms with van der Waals surface area (Å²) in [6.45, 7) is 0. The van der Waals surface area contributed by atoms with Gasteiger partial charge in [-0.25, -0.2) is 0 Å². The van der Waals surface area contributed by atoms with Gasteiger partial charge in [-0.1, -0.05) is 0 Å². The molecule has 0 saturated carbocycles. The van der Waals surface area contributed by atoms with Crippen molar-refractivity contribution in [3.63, 3.8) is 0 Å². The van der Waals surface area contributed by atoms with E-state index >= 15 is 0 Å². The zero-order chi connectivity index (χ0) is 21.3. The number of nitrogens with zero attached hydrogens (tertiary/aromatic N) is 4. The smallest absolute Gasteiger partial charge is 0.204 e. The molecule has 0 unspecified atom stereocenters. The molecule has 2 N–H and O–H groups in total. The normalized spacial score (nSPS) is 10.8. The lowest BCUT2D eigenvalue weighted by Crippen LogP contribution is -2.01. The number of fused-ring (bicyclic) bond motifs is 1. The van der Waals surface area contributed by atoms with Crippen LogP contribution in [0.15, 0.2) is 42.5 Å². The van der Waals surface area contributed by atoms with Crippen LogP contribution in [0, 0.1) is 0 Å². The first kappa shape index (κ1) is 19.3. The van der Waals surface area contributed by atoms with Crippen molar-refractivity contribution in [1.82, 2.24) is 19.8 Å². The molecule has 9 heteroatoms. The number of ether oxygens (including phenoxy) is 4. The highest BCUT2D eigenvalue weighted by molar-refractivity contribution is 5.74. The summed E-state index contributed by atoms with van der Waals surface area (Å²) in [5.74, 6) is 2.61. The Bertz CT molecular complexity index is 1220. The maximum atomic E-state index is 6.05. The Morgan fingerprint density at radius 2 is 1.50 bits per heavy atom. The average Bonchev–Trinajstić information content (AvgIpc) is 3.20. The molecule has 2 aromatic heterocycles. The van der Waals surface area contributed by atoms with Gasteiger partial charge in [0, 0.05) is 5.56 Å². The molecule has 30 heavy (non-hydrogen) atoms. The van der Waals surface area contributed by atoms with Crippen LogP contribution in [-0.4, -0.2) is 48.3 Å². The largest absolute Gasteiger partial charge is 0.495 e. The topological polar surface area (TPSA) is 106 Å². The second-order valence-corrected chi connectivity index (χ2v) is 6.35. The van der Waals surface area contributed by atoms with Crippen LogP contribution >= 0.6 is 0 Å². The fraction of sp³-hybridized carbons (Fsp3) is 0.190. The van der Waals surface area contributed by atoms with Crippen LogP contribution in [0.2, 0.25) is 0 Å². The third-order valence-electron chi connectivity index (χ3n) is 4.73. The van der Waals surface area contributed by atoms with E-state index in [1.807, 2.05) is 30.3 Å². The molecular formula is C21H21N5O4. The van der Waals surface area contributed by atoms with E-state index in [0.717, 1.165) is 5.56 Å². The molecule has 0 bridgehead atoms. The predicted molar refractivity (Wildman–Crippen MR) is 112 cm³/mol. The van der Waals surface area contributed by atoms with Gasteiger partial charge < -0.3 is 24.7 Å². The van der Waals surface area contributed by atoms with Gasteiger partial charge in [-0.15, -0.1) is 10.2 Å². The molecule has 2 heterocycles. The number of benzene rings is 2. The minimum absolute atomic E-state index is 0.466. The van der Waals surface area contributed by atoms with E-state index in [2.05, 4.69) is 10.2 Å². The summed E-state index contributed by atoms with van der Waals surface area (Å²) in [6, 6.07) is 12.8. The van der Waals surface area contributed by atoms with Crippen LogP contribution < -0.4 is 24.7 Å². The highest BCUT2D eigenvalue weighted by Gasteiger charge is 2.21. The first-order valence-corrected chi connectivity index (χ1v) is 9.07. The van der Waals surface area contributed by atoms with Gasteiger partial charge in [0.25, 0.3) is 0 Å². The zero-order valence-electron chi connectivity index (χ0n) is 17.0. The van der Waals surface area contributed by atoms with Gasteiger partial charge in [0.1, 0.15) is 5.75 Å². The van der Waals surface area contributed by atoms with Crippen LogP contribution in [0.3, 0.4) is 0 Å². The van der Waals surface area contributed by atoms with Crippen molar-refractivity contribution in [2.75, 3.05) is 34.2 Å². The number of nitrogen functional groups attached to an aromatic ring is 1. The van der Waals surface area contributed by atoms with E-state index in [0.29, 0.717) is 51.4 Å². The van der Waals surface area contributed by atoms with Crippen molar-refractivity contribution in [2.45, 2.75) is 0 Å². The van der Waals surface area contributed by atoms with E-state index in [9.17, 15) is 0 Å². The molecule has 0 amide bonds. The van der Waals surface area contributed by atoms with Gasteiger partial charge in [-0.3, -0.25) is 0 Å². The van der Waals surface area contributed by atoms with Crippen LogP contribution in [0.1, 0.15) is 0 Å². The molecule has 9 nitrogen and oxygen atoms in total. The van der Waals surface area contributed by atoms with Gasteiger partial charge in [-0.2, -0.15) is 9.61 Å². The van der Waals surface area contributed by atoms with Crippen LogP contribution in [0.5, 0.6) is 23.0 Å². The predicted octanol–water partition coefficient (Wildman–Crippen LogP) is 3.07. The maximum Gasteiger partial charge on any atom is 0.204 e. The maximum absolute atomic E-state index is 6.05. The van der Waals surface area contributed by atoms with Crippen molar-refractivity contribution in [3.05, 3.63) is 42.5 Å². The minimum atomic E-state index is 0.466. The average molecular weight is 407 g/mol. The molecule has 4 aromatic rings. The van der Waals surface area contributed by atoms with Crippen molar-refractivity contribution < 1.29 is 18.9 Å². The first-order valence-electron chi connectivity index (χ1n) is 9.07. The summed E-state index contributed by atoms with van der Waals surface area (Å²) < 4.78 is 23.3. The van der Waals surface area contributed by atoms with Crippen molar-refractivity contribution in [2.24, 2.45) is 0 Å². The lowest BCUT2D eigenvalue weighted by atomic mass is 10.1. The summed E-state index contributed by atoms with van der Waals surface area (Å²) in [5.41, 5.74) is 9.39. The number of aromatic nitrogens is 4. The second-order valence-electron chi connectivity index (χ2n) is 6.35. The minimum Gasteiger partial charge on any atom is -0.495 e. The van der Waals surface area contributed by atoms with E-state index < -0.39 is 0 Å². The summed E-state index contributed by atoms with van der Waals surface area (Å²) in [7, 11) is 6.26. The summed E-state index contributed by atoms with van der Waals surface area (Å²) >= 11 is 0. The lowest BCUT2D eigenvalue weighted by Gasteiger charge is -2.14. The number of hydrogen-bond acceptors (Lipinski definition) is 8. The molecular weight excluding hydrogens is 386 g/mol. The Kier molecular flexibility index (Phi) is 5.01. The first-order chi connectivity index (χ1) is 14.6. The van der Waals surface area contributed by atoms with Crippen molar-refractivity contribution in [1.29, 1.82) is 0 Å². The zero-order valence-corrected chi connectivity index (χ0v) is 17.0. The molecule has 0 saturated heterocycles. The van der Waals surface area contributed by atoms with E-state index in [1.165, 1.54) is 0 Å². The Hall–Kier alpha value is -4.01. The molecule has 154 valence electrons. The molecule has 4 rings (SSSR count). The third-order valence-corrected chi connectivity index (χ3v) is 4.73. The highest BCUT2D eigenvalue weighted by atomic mass is 16.5. The fourth-order valence-corrected chi connectivity index (χ4v) is 3.28. The molecule has 0 fully saturated rings. The van der Waals surface area contributed by atoms with Gasteiger partial charge in [0.15, 0.2) is 23.0 Å². The number of methoxy groups -OCH3 is 4. The highest BCUT2D eigenvalue weighted by Crippen LogP contribution is 2.43. The molecule has 0 spiro atoms. The Morgan fingerprint density at radius 3 is 2.17 bits per heavy atom. The quantitative estimate of drug-likeness (QED) is 0.486. The Balaban J connectivity index is 1.88. The summed E-state index contributed by atoms with van der Waals surface area (Å²) in [6.07, 6.45) is 0. The monoisotopic (exact) mass is 407 g/mol. The van der Waals surface area contributed by atoms with E-state index in [-0.39, 0.29) is 0 Å². The Morgan fingerprint density at radius 1 is 0.767 bits per heavy atom. The molecule has 2 aromatic carbocycles.